The van der Waals surface area contributed by atoms with Gasteiger partial charge in [0.1, 0.15) is 0 Å². The number of nitrogens with zero attached hydrogens (tertiary/aromatic N) is 4. The first-order chi connectivity index (χ1) is 25.4. The van der Waals surface area contributed by atoms with Crippen LogP contribution in [0.1, 0.15) is 34.6 Å². The van der Waals surface area contributed by atoms with Crippen molar-refractivity contribution in [1.82, 2.24) is 14.5 Å². The molecule has 1 fully saturated rings. The molecule has 3 heterocycles. The van der Waals surface area contributed by atoms with Crippen LogP contribution in [0.3, 0.4) is 0 Å². The Morgan fingerprint density at radius 3 is 1.65 bits per heavy atom. The Kier molecular flexibility index (Phi) is 44.2. The van der Waals surface area contributed by atoms with Gasteiger partial charge in [0.25, 0.3) is 0 Å². The molecule has 348 valence electrons. The van der Waals surface area contributed by atoms with Crippen molar-refractivity contribution in [3.8, 4) is 0 Å². The molecule has 1 aliphatic heterocycles. The molecule has 0 bridgehead atoms. The summed E-state index contributed by atoms with van der Waals surface area (Å²) in [6, 6.07) is 10.2. The predicted molar refractivity (Wildman–Crippen MR) is 492 cm³/mol. The quantitative estimate of drug-likeness (QED) is 0.0896. The fourth-order valence-electron chi connectivity index (χ4n) is 5.36. The summed E-state index contributed by atoms with van der Waals surface area (Å²) in [7, 11) is -7.04. The van der Waals surface area contributed by atoms with Gasteiger partial charge in [-0.2, -0.15) is 0 Å². The first-order valence-corrected chi connectivity index (χ1v) is 184. The fraction of sp³-hybridized carbons (Fsp3) is 0.611. The molecule has 0 amide bonds. The van der Waals surface area contributed by atoms with Crippen molar-refractivity contribution in [3.05, 3.63) is 30.5 Å². The molecule has 0 aromatic carbocycles. The van der Waals surface area contributed by atoms with Gasteiger partial charge in [0.05, 0.1) is 0 Å². The molecule has 1 aliphatic rings. The van der Waals surface area contributed by atoms with E-state index >= 15 is 0 Å². The second-order valence-electron chi connectivity index (χ2n) is 10.3. The van der Waals surface area contributed by atoms with Gasteiger partial charge in [-0.15, -0.1) is 0 Å². The summed E-state index contributed by atoms with van der Waals surface area (Å²) >= 11 is 50.4. The van der Waals surface area contributed by atoms with Crippen LogP contribution in [0.5, 0.6) is 0 Å². The number of fused-ring (bicyclic) bond motifs is 1. The third kappa shape index (κ3) is 15.9. The number of halogens is 33. The van der Waals surface area contributed by atoms with Gasteiger partial charge in [-0.25, -0.2) is 0 Å². The summed E-state index contributed by atoms with van der Waals surface area (Å²) in [4.78, 5) is 7.27. The van der Waals surface area contributed by atoms with Crippen molar-refractivity contribution >= 4 is 457 Å². The molecule has 2 aromatic rings. The summed E-state index contributed by atoms with van der Waals surface area (Å²) in [6.45, 7) is 14.4. The first kappa shape index (κ1) is 71.8. The monoisotopic (exact) mass is 4480 g/mol. The number of hydrogen-bond acceptors (Lipinski definition) is 3. The fourth-order valence-corrected chi connectivity index (χ4v) is 1340. The maximum absolute atomic E-state index is 6.06. The molecule has 0 saturated carbocycles. The van der Waals surface area contributed by atoms with Gasteiger partial charge in [0.15, 0.2) is 0 Å². The van der Waals surface area contributed by atoms with Gasteiger partial charge in [-0.1, -0.05) is 0 Å². The van der Waals surface area contributed by atoms with Crippen LogP contribution in [-0.4, -0.2) is 28.8 Å². The number of hydrogen-bond donors (Lipinski definition) is 0. The number of pyridine rings is 1. The van der Waals surface area contributed by atoms with Gasteiger partial charge >= 0.3 is 618 Å². The van der Waals surface area contributed by atoms with Crippen molar-refractivity contribution in [3.63, 3.8) is 0 Å². The first-order valence-electron chi connectivity index (χ1n) is 12.6. The van der Waals surface area contributed by atoms with Gasteiger partial charge < -0.3 is 0 Å². The zero-order valence-electron chi connectivity index (χ0n) is 26.2. The average molecular weight is 4480 g/mol. The van der Waals surface area contributed by atoms with Crippen molar-refractivity contribution in [1.29, 1.82) is 0 Å². The van der Waals surface area contributed by atoms with Crippen LogP contribution in [0.25, 0.3) is 5.52 Å². The molecule has 2 aromatic heterocycles. The van der Waals surface area contributed by atoms with Crippen LogP contribution in [0.15, 0.2) is 30.5 Å². The van der Waals surface area contributed by atoms with Crippen LogP contribution < -0.4 is 61.9 Å². The number of aromatic nitrogens is 2. The van der Waals surface area contributed by atoms with E-state index in [0.29, 0.717) is 22.4 Å². The van der Waals surface area contributed by atoms with E-state index in [1.165, 1.54) is 11.3 Å². The Balaban J connectivity index is 3.12. The van der Waals surface area contributed by atoms with E-state index in [2.05, 4.69) is 418 Å². The van der Waals surface area contributed by atoms with E-state index in [-0.39, 0.29) is 54.3 Å². The van der Waals surface area contributed by atoms with Gasteiger partial charge in [0.2, 0.25) is 0 Å². The van der Waals surface area contributed by atoms with E-state index in [9.17, 15) is 0 Å². The molecule has 37 heteroatoms. The number of anilines is 1. The van der Waals surface area contributed by atoms with Gasteiger partial charge in [-0.3, -0.25) is 0 Å². The normalized spacial score (nSPS) is 29.3. The van der Waals surface area contributed by atoms with Crippen LogP contribution in [0.4, 0.5) is 5.82 Å². The predicted octanol–water partition coefficient (Wildman–Crippen LogP) is 16.1. The number of alkyl halides is 7. The van der Waals surface area contributed by atoms with Crippen molar-refractivity contribution in [2.24, 2.45) is 5.41 Å². The Morgan fingerprint density at radius 2 is 1.22 bits per heavy atom. The number of rotatable bonds is 17. The summed E-state index contributed by atoms with van der Waals surface area (Å²) in [6.07, 6.45) is 2.30. The van der Waals surface area contributed by atoms with E-state index in [4.69, 9.17) is 5.10 Å². The second-order valence-corrected chi connectivity index (χ2v) is 485. The van der Waals surface area contributed by atoms with Crippen LogP contribution >= 0.6 is 446 Å². The van der Waals surface area contributed by atoms with Gasteiger partial charge in [0, 0.05) is 0 Å². The summed E-state index contributed by atoms with van der Waals surface area (Å²) in [5.74, 6) is 1.49. The summed E-state index contributed by atoms with van der Waals surface area (Å²) in [5.41, 5.74) is 1.51. The molecular weight excluding hydrogens is 4460 g/mol. The zero-order chi connectivity index (χ0) is 42.4. The second kappa shape index (κ2) is 33.9. The van der Waals surface area contributed by atoms with Crippen molar-refractivity contribution in [2.75, 3.05) is 4.90 Å². The zero-order valence-corrected chi connectivity index (χ0v) is 97.4. The molecular formula is C18H21I33N4-4. The van der Waals surface area contributed by atoms with Crippen LogP contribution in [0, 0.1) is 5.41 Å². The molecule has 0 aliphatic carbocycles. The molecule has 4 unspecified atom stereocenters. The van der Waals surface area contributed by atoms with E-state index in [1.807, 2.05) is 0 Å². The minimum absolute atomic E-state index is 0.105. The molecule has 3 rings (SSSR count). The molecule has 0 N–H and O–H groups in total. The van der Waals surface area contributed by atoms with Crippen molar-refractivity contribution < 1.29 is 57.0 Å². The Bertz CT molecular complexity index is 1520. The molecule has 4 atom stereocenters. The Hall–Kier alpha value is 22.5. The molecule has 0 radical (unpaired) electrons. The van der Waals surface area contributed by atoms with Gasteiger partial charge in [-0.05, 0) is 0 Å². The van der Waals surface area contributed by atoms with E-state index in [1.54, 1.807) is 0 Å². The molecule has 1 saturated heterocycles. The Labute approximate surface area is 591 Å². The minimum atomic E-state index is -1.69. The van der Waals surface area contributed by atoms with Crippen LogP contribution in [0.2, 0.25) is 0 Å². The third-order valence-corrected chi connectivity index (χ3v) is 1070. The van der Waals surface area contributed by atoms with E-state index < -0.39 is 107 Å². The van der Waals surface area contributed by atoms with Crippen LogP contribution in [-0.2, 0) is 0 Å². The molecule has 55 heavy (non-hydrogen) atoms. The molecule has 4 nitrogen and oxygen atoms in total. The maximum atomic E-state index is 6.06. The average Bonchev–Trinajstić information content (AvgIpc) is 3.57. The summed E-state index contributed by atoms with van der Waals surface area (Å²) in [5, 5.41) is 6.06. The summed E-state index contributed by atoms with van der Waals surface area (Å²) < 4.78 is 3.50. The molecule has 0 spiro atoms. The van der Waals surface area contributed by atoms with E-state index in [0.717, 1.165) is 0 Å². The van der Waals surface area contributed by atoms with Crippen molar-refractivity contribution in [2.45, 2.75) is 48.9 Å². The Morgan fingerprint density at radius 1 is 0.673 bits per heavy atom. The SMILES string of the molecule is CC(C)N1C(I)([I-]I)C(C)(C)C(I(I)I(I)I)(I(I)I(I)[I-]I)N(c2cc3ccccn3n2)C(I(I)I(I)I(I)I)(I(I)I(I)I(I)[I-]I)C1(C)I(I)[I-]I. The standard InChI is InChI=1S/C18H21I33N4/c1-11(2)54-15(5,41(24)38-21)18(44(27)50(35)47(31)32,45(28)51(36)49(34)40-23)55(13-10-12-8-6-7-9-53(12)52-13)17(42(25)46(29)30,43(26)48(33)39-22)14(3,4)16(54,19)37-20/h6-11H,1-5H3/q-4. The third-order valence-electron chi connectivity index (χ3n) is 7.27. The topological polar surface area (TPSA) is 23.8 Å².